The molecule has 26 heavy (non-hydrogen) atoms. The van der Waals surface area contributed by atoms with E-state index in [2.05, 4.69) is 20.7 Å². The smallest absolute Gasteiger partial charge is 0.191 e. The lowest BCUT2D eigenvalue weighted by atomic mass is 10.00. The minimum Gasteiger partial charge on any atom is -0.383 e. The van der Waals surface area contributed by atoms with Gasteiger partial charge in [-0.2, -0.15) is 5.10 Å². The zero-order valence-electron chi connectivity index (χ0n) is 15.6. The lowest BCUT2D eigenvalue weighted by molar-refractivity contribution is 0.0616. The molecule has 0 spiro atoms. The van der Waals surface area contributed by atoms with Gasteiger partial charge in [0.15, 0.2) is 5.96 Å². The van der Waals surface area contributed by atoms with Crippen LogP contribution in [0.4, 0.5) is 4.39 Å². The van der Waals surface area contributed by atoms with Gasteiger partial charge >= 0.3 is 0 Å². The molecule has 0 aliphatic carbocycles. The molecule has 0 aliphatic heterocycles. The molecule has 0 amide bonds. The van der Waals surface area contributed by atoms with Crippen LogP contribution in [0, 0.1) is 12.7 Å². The molecule has 0 saturated carbocycles. The molecule has 3 N–H and O–H groups in total. The van der Waals surface area contributed by atoms with E-state index in [1.807, 2.05) is 13.0 Å². The SMILES string of the molecule is CCNC(=NCc1ccc(C)c(F)c1)NCC(C)(O)c1cnn(C)c1.I. The van der Waals surface area contributed by atoms with Gasteiger partial charge in [-0.25, -0.2) is 9.38 Å². The van der Waals surface area contributed by atoms with Gasteiger partial charge in [-0.1, -0.05) is 12.1 Å². The van der Waals surface area contributed by atoms with E-state index < -0.39 is 5.60 Å². The normalized spacial score (nSPS) is 13.7. The van der Waals surface area contributed by atoms with Crippen molar-refractivity contribution in [3.8, 4) is 0 Å². The Morgan fingerprint density at radius 3 is 2.69 bits per heavy atom. The van der Waals surface area contributed by atoms with Gasteiger partial charge < -0.3 is 15.7 Å². The van der Waals surface area contributed by atoms with Crippen LogP contribution in [0.25, 0.3) is 0 Å². The first kappa shape index (κ1) is 22.4. The molecule has 8 heteroatoms. The monoisotopic (exact) mass is 475 g/mol. The fraction of sp³-hybridized carbons (Fsp3) is 0.444. The molecular formula is C18H27FIN5O. The van der Waals surface area contributed by atoms with E-state index in [1.165, 1.54) is 6.07 Å². The van der Waals surface area contributed by atoms with Crippen molar-refractivity contribution in [2.75, 3.05) is 13.1 Å². The summed E-state index contributed by atoms with van der Waals surface area (Å²) in [6.45, 7) is 6.71. The molecule has 1 heterocycles. The summed E-state index contributed by atoms with van der Waals surface area (Å²) in [6.07, 6.45) is 3.42. The van der Waals surface area contributed by atoms with Crippen LogP contribution in [0.5, 0.6) is 0 Å². The number of aryl methyl sites for hydroxylation is 2. The van der Waals surface area contributed by atoms with Crippen molar-refractivity contribution in [3.05, 3.63) is 53.1 Å². The Hall–Kier alpha value is -1.68. The number of aliphatic hydroxyl groups is 1. The molecule has 2 rings (SSSR count). The number of hydrogen-bond donors (Lipinski definition) is 3. The number of nitrogens with zero attached hydrogens (tertiary/aromatic N) is 3. The van der Waals surface area contributed by atoms with Gasteiger partial charge in [-0.05, 0) is 38.0 Å². The van der Waals surface area contributed by atoms with Crippen molar-refractivity contribution in [1.29, 1.82) is 0 Å². The highest BCUT2D eigenvalue weighted by atomic mass is 127. The zero-order chi connectivity index (χ0) is 18.4. The maximum atomic E-state index is 13.6. The number of halogens is 2. The van der Waals surface area contributed by atoms with Gasteiger partial charge in [0.1, 0.15) is 11.4 Å². The standard InChI is InChI=1S/C18H26FN5O.HI/c1-5-20-17(21-9-14-7-6-13(2)16(19)8-14)22-12-18(3,25)15-10-23-24(4)11-15;/h6-8,10-11,25H,5,9,12H2,1-4H3,(H2,20,21,22);1H. The van der Waals surface area contributed by atoms with E-state index >= 15 is 0 Å². The van der Waals surface area contributed by atoms with Crippen molar-refractivity contribution in [2.24, 2.45) is 12.0 Å². The minimum atomic E-state index is -1.08. The van der Waals surface area contributed by atoms with Crippen LogP contribution in [0.3, 0.4) is 0 Å². The number of aliphatic imine (C=N–C) groups is 1. The second-order valence-electron chi connectivity index (χ2n) is 6.31. The summed E-state index contributed by atoms with van der Waals surface area (Å²) < 4.78 is 15.3. The first-order valence-electron chi connectivity index (χ1n) is 8.30. The van der Waals surface area contributed by atoms with Gasteiger partial charge in [-0.3, -0.25) is 4.68 Å². The largest absolute Gasteiger partial charge is 0.383 e. The molecule has 0 saturated heterocycles. The average molecular weight is 475 g/mol. The summed E-state index contributed by atoms with van der Waals surface area (Å²) in [5.74, 6) is 0.331. The van der Waals surface area contributed by atoms with Gasteiger partial charge in [-0.15, -0.1) is 24.0 Å². The highest BCUT2D eigenvalue weighted by Crippen LogP contribution is 2.18. The Balaban J connectivity index is 0.00000338. The topological polar surface area (TPSA) is 74.5 Å². The second kappa shape index (κ2) is 9.86. The zero-order valence-corrected chi connectivity index (χ0v) is 17.9. The third-order valence-corrected chi connectivity index (χ3v) is 3.93. The van der Waals surface area contributed by atoms with Gasteiger partial charge in [0.05, 0.1) is 19.3 Å². The average Bonchev–Trinajstić information content (AvgIpc) is 3.01. The van der Waals surface area contributed by atoms with Crippen LogP contribution in [0.15, 0.2) is 35.6 Å². The molecule has 1 atom stereocenters. The number of aromatic nitrogens is 2. The van der Waals surface area contributed by atoms with Crippen molar-refractivity contribution < 1.29 is 9.50 Å². The van der Waals surface area contributed by atoms with Crippen molar-refractivity contribution in [2.45, 2.75) is 32.9 Å². The molecular weight excluding hydrogens is 448 g/mol. The molecule has 0 bridgehead atoms. The molecule has 1 aromatic heterocycles. The predicted molar refractivity (Wildman–Crippen MR) is 112 cm³/mol. The molecule has 0 fully saturated rings. The maximum Gasteiger partial charge on any atom is 0.191 e. The third kappa shape index (κ3) is 6.24. The van der Waals surface area contributed by atoms with Gasteiger partial charge in [0.2, 0.25) is 0 Å². The van der Waals surface area contributed by atoms with Crippen LogP contribution in [0.2, 0.25) is 0 Å². The van der Waals surface area contributed by atoms with Crippen molar-refractivity contribution in [1.82, 2.24) is 20.4 Å². The van der Waals surface area contributed by atoms with Crippen molar-refractivity contribution >= 4 is 29.9 Å². The Kier molecular flexibility index (Phi) is 8.48. The lowest BCUT2D eigenvalue weighted by Crippen LogP contribution is -2.44. The summed E-state index contributed by atoms with van der Waals surface area (Å²) in [5.41, 5.74) is 1.05. The van der Waals surface area contributed by atoms with Crippen LogP contribution in [-0.4, -0.2) is 33.9 Å². The van der Waals surface area contributed by atoms with E-state index in [-0.39, 0.29) is 36.3 Å². The number of guanidine groups is 1. The maximum absolute atomic E-state index is 13.6. The first-order chi connectivity index (χ1) is 11.8. The Morgan fingerprint density at radius 1 is 1.38 bits per heavy atom. The minimum absolute atomic E-state index is 0. The number of hydrogen-bond acceptors (Lipinski definition) is 3. The molecule has 1 aromatic carbocycles. The van der Waals surface area contributed by atoms with Crippen LogP contribution in [-0.2, 0) is 19.2 Å². The summed E-state index contributed by atoms with van der Waals surface area (Å²) in [6, 6.07) is 5.10. The van der Waals surface area contributed by atoms with Crippen LogP contribution < -0.4 is 10.6 Å². The van der Waals surface area contributed by atoms with E-state index in [9.17, 15) is 9.50 Å². The molecule has 0 aliphatic rings. The van der Waals surface area contributed by atoms with E-state index in [0.29, 0.717) is 24.6 Å². The van der Waals surface area contributed by atoms with Crippen LogP contribution in [0.1, 0.15) is 30.5 Å². The third-order valence-electron chi connectivity index (χ3n) is 3.93. The Labute approximate surface area is 170 Å². The number of rotatable bonds is 6. The fourth-order valence-electron chi connectivity index (χ4n) is 2.30. The Bertz CT molecular complexity index is 745. The van der Waals surface area contributed by atoms with Crippen molar-refractivity contribution in [3.63, 3.8) is 0 Å². The molecule has 2 aromatic rings. The van der Waals surface area contributed by atoms with E-state index in [1.54, 1.807) is 44.0 Å². The quantitative estimate of drug-likeness (QED) is 0.341. The highest BCUT2D eigenvalue weighted by Gasteiger charge is 2.24. The molecule has 6 nitrogen and oxygen atoms in total. The summed E-state index contributed by atoms with van der Waals surface area (Å²) in [7, 11) is 1.80. The summed E-state index contributed by atoms with van der Waals surface area (Å²) >= 11 is 0. The second-order valence-corrected chi connectivity index (χ2v) is 6.31. The predicted octanol–water partition coefficient (Wildman–Crippen LogP) is 2.45. The van der Waals surface area contributed by atoms with Crippen LogP contribution >= 0.6 is 24.0 Å². The molecule has 1 unspecified atom stereocenters. The highest BCUT2D eigenvalue weighted by molar-refractivity contribution is 14.0. The number of nitrogens with one attached hydrogen (secondary N) is 2. The summed E-state index contributed by atoms with van der Waals surface area (Å²) in [4.78, 5) is 4.45. The molecule has 144 valence electrons. The molecule has 0 radical (unpaired) electrons. The first-order valence-corrected chi connectivity index (χ1v) is 8.30. The summed E-state index contributed by atoms with van der Waals surface area (Å²) in [5, 5.41) is 20.9. The van der Waals surface area contributed by atoms with Gasteiger partial charge in [0, 0.05) is 25.4 Å². The fourth-order valence-corrected chi connectivity index (χ4v) is 2.30. The van der Waals surface area contributed by atoms with E-state index in [0.717, 1.165) is 11.1 Å². The lowest BCUT2D eigenvalue weighted by Gasteiger charge is -2.23. The Morgan fingerprint density at radius 2 is 2.12 bits per heavy atom. The van der Waals surface area contributed by atoms with Gasteiger partial charge in [0.25, 0.3) is 0 Å². The number of benzene rings is 1. The van der Waals surface area contributed by atoms with E-state index in [4.69, 9.17) is 0 Å².